The lowest BCUT2D eigenvalue weighted by Gasteiger charge is -2.17. The van der Waals surface area contributed by atoms with Crippen LogP contribution in [0.1, 0.15) is 30.1 Å². The second-order valence-electron chi connectivity index (χ2n) is 4.55. The fourth-order valence-electron chi connectivity index (χ4n) is 1.96. The molecule has 2 rings (SSSR count). The molecular formula is C14H14F3NO2. The maximum absolute atomic E-state index is 12.3. The van der Waals surface area contributed by atoms with E-state index in [0.717, 1.165) is 0 Å². The largest absolute Gasteiger partial charge is 0.411 e. The topological polar surface area (TPSA) is 38.7 Å². The molecule has 108 valence electrons. The Kier molecular flexibility index (Phi) is 3.94. The third kappa shape index (κ3) is 3.07. The quantitative estimate of drug-likeness (QED) is 0.751. The van der Waals surface area contributed by atoms with E-state index in [1.165, 1.54) is 0 Å². The Labute approximate surface area is 114 Å². The summed E-state index contributed by atoms with van der Waals surface area (Å²) in [5, 5.41) is 0. The van der Waals surface area contributed by atoms with Gasteiger partial charge in [-0.25, -0.2) is 4.99 Å². The molecule has 1 aromatic rings. The summed E-state index contributed by atoms with van der Waals surface area (Å²) in [6.45, 7) is 0.380. The Bertz CT molecular complexity index is 525. The maximum Gasteiger partial charge on any atom is 0.411 e. The molecule has 0 radical (unpaired) electrons. The van der Waals surface area contributed by atoms with Crippen molar-refractivity contribution in [2.75, 3.05) is 6.61 Å². The van der Waals surface area contributed by atoms with Crippen molar-refractivity contribution in [3.63, 3.8) is 0 Å². The molecule has 0 aliphatic carbocycles. The molecule has 0 bridgehead atoms. The van der Waals surface area contributed by atoms with E-state index in [2.05, 4.69) is 4.99 Å². The second kappa shape index (κ2) is 5.36. The van der Waals surface area contributed by atoms with Crippen molar-refractivity contribution in [3.05, 3.63) is 35.9 Å². The van der Waals surface area contributed by atoms with Gasteiger partial charge in [-0.3, -0.25) is 4.79 Å². The molecular weight excluding hydrogens is 271 g/mol. The van der Waals surface area contributed by atoms with Crippen LogP contribution in [0.25, 0.3) is 0 Å². The van der Waals surface area contributed by atoms with Gasteiger partial charge in [0, 0.05) is 5.56 Å². The summed E-state index contributed by atoms with van der Waals surface area (Å²) in [4.78, 5) is 16.2. The van der Waals surface area contributed by atoms with Crippen molar-refractivity contribution >= 4 is 11.5 Å². The number of alkyl halides is 3. The Morgan fingerprint density at radius 1 is 1.30 bits per heavy atom. The number of hydrogen-bond donors (Lipinski definition) is 0. The van der Waals surface area contributed by atoms with Gasteiger partial charge in [-0.1, -0.05) is 43.7 Å². The average Bonchev–Trinajstić information content (AvgIpc) is 3.11. The van der Waals surface area contributed by atoms with Crippen molar-refractivity contribution in [1.29, 1.82) is 0 Å². The molecule has 0 N–H and O–H groups in total. The first-order valence-corrected chi connectivity index (χ1v) is 6.29. The molecule has 1 aromatic carbocycles. The first-order chi connectivity index (χ1) is 9.39. The van der Waals surface area contributed by atoms with E-state index in [1.807, 2.05) is 6.92 Å². The first-order valence-electron chi connectivity index (χ1n) is 6.29. The van der Waals surface area contributed by atoms with E-state index in [9.17, 15) is 18.0 Å². The zero-order chi connectivity index (χ0) is 14.8. The van der Waals surface area contributed by atoms with Crippen LogP contribution in [0.4, 0.5) is 13.2 Å². The monoisotopic (exact) mass is 285 g/mol. The molecule has 3 nitrogen and oxygen atoms in total. The SMILES string of the molecule is CCCC1=NC1(OCC(F)(F)F)C(=O)c1ccccc1. The van der Waals surface area contributed by atoms with Gasteiger partial charge >= 0.3 is 6.18 Å². The number of halogens is 3. The van der Waals surface area contributed by atoms with Crippen LogP contribution >= 0.6 is 0 Å². The van der Waals surface area contributed by atoms with Crippen LogP contribution in [0.15, 0.2) is 35.3 Å². The Balaban J connectivity index is 2.15. The summed E-state index contributed by atoms with van der Waals surface area (Å²) in [6.07, 6.45) is -3.34. The summed E-state index contributed by atoms with van der Waals surface area (Å²) in [5.74, 6) is -0.536. The normalized spacial score (nSPS) is 21.5. The molecule has 0 amide bonds. The number of carbonyl (C=O) groups is 1. The van der Waals surface area contributed by atoms with Crippen LogP contribution in [0.3, 0.4) is 0 Å². The minimum Gasteiger partial charge on any atom is -0.333 e. The van der Waals surface area contributed by atoms with E-state index in [0.29, 0.717) is 24.1 Å². The summed E-state index contributed by atoms with van der Waals surface area (Å²) in [7, 11) is 0. The van der Waals surface area contributed by atoms with E-state index < -0.39 is 24.3 Å². The lowest BCUT2D eigenvalue weighted by atomic mass is 10.0. The highest BCUT2D eigenvalue weighted by atomic mass is 19.4. The van der Waals surface area contributed by atoms with Crippen LogP contribution in [0, 0.1) is 0 Å². The number of aliphatic imine (C=N–C) groups is 1. The summed E-state index contributed by atoms with van der Waals surface area (Å²) < 4.78 is 41.7. The number of ether oxygens (including phenoxy) is 1. The molecule has 0 fully saturated rings. The van der Waals surface area contributed by atoms with Crippen LogP contribution in [-0.2, 0) is 4.74 Å². The summed E-state index contributed by atoms with van der Waals surface area (Å²) in [5.41, 5.74) is -1.05. The van der Waals surface area contributed by atoms with E-state index in [-0.39, 0.29) is 0 Å². The molecule has 0 saturated heterocycles. The number of Topliss-reactive ketones (excluding diaryl/α,β-unsaturated/α-hetero) is 1. The Hall–Kier alpha value is -1.69. The van der Waals surface area contributed by atoms with E-state index in [1.54, 1.807) is 30.3 Å². The number of nitrogens with zero attached hydrogens (tertiary/aromatic N) is 1. The highest BCUT2D eigenvalue weighted by Gasteiger charge is 2.56. The fourth-order valence-corrected chi connectivity index (χ4v) is 1.96. The number of hydrogen-bond acceptors (Lipinski definition) is 3. The van der Waals surface area contributed by atoms with Crippen molar-refractivity contribution < 1.29 is 22.7 Å². The van der Waals surface area contributed by atoms with Crippen LogP contribution in [0.2, 0.25) is 0 Å². The molecule has 0 spiro atoms. The Morgan fingerprint density at radius 2 is 1.95 bits per heavy atom. The van der Waals surface area contributed by atoms with Gasteiger partial charge in [0.15, 0.2) is 0 Å². The van der Waals surface area contributed by atoms with Gasteiger partial charge in [-0.05, 0) is 6.42 Å². The summed E-state index contributed by atoms with van der Waals surface area (Å²) in [6, 6.07) is 8.09. The van der Waals surface area contributed by atoms with Gasteiger partial charge < -0.3 is 4.74 Å². The molecule has 1 aliphatic heterocycles. The molecule has 1 heterocycles. The second-order valence-corrected chi connectivity index (χ2v) is 4.55. The van der Waals surface area contributed by atoms with Gasteiger partial charge in [0.05, 0.1) is 5.71 Å². The van der Waals surface area contributed by atoms with Crippen molar-refractivity contribution in [2.45, 2.75) is 31.7 Å². The first kappa shape index (κ1) is 14.7. The summed E-state index contributed by atoms with van der Waals surface area (Å²) >= 11 is 0. The zero-order valence-electron chi connectivity index (χ0n) is 10.9. The zero-order valence-corrected chi connectivity index (χ0v) is 10.9. The van der Waals surface area contributed by atoms with Gasteiger partial charge in [0.1, 0.15) is 6.61 Å². The highest BCUT2D eigenvalue weighted by molar-refractivity contribution is 6.26. The van der Waals surface area contributed by atoms with Gasteiger partial charge in [0.25, 0.3) is 5.72 Å². The molecule has 20 heavy (non-hydrogen) atoms. The third-order valence-corrected chi connectivity index (χ3v) is 2.91. The van der Waals surface area contributed by atoms with Crippen LogP contribution < -0.4 is 0 Å². The molecule has 0 aromatic heterocycles. The molecule has 1 aliphatic rings. The van der Waals surface area contributed by atoms with Crippen LogP contribution in [-0.4, -0.2) is 30.0 Å². The maximum atomic E-state index is 12.3. The van der Waals surface area contributed by atoms with E-state index >= 15 is 0 Å². The number of ketones is 1. The molecule has 0 saturated carbocycles. The Morgan fingerprint density at radius 3 is 2.50 bits per heavy atom. The minimum atomic E-state index is -4.49. The predicted octanol–water partition coefficient (Wildman–Crippen LogP) is 3.40. The standard InChI is InChI=1S/C14H14F3NO2/c1-2-6-11-14(18-11,20-9-13(15,16)17)12(19)10-7-4-3-5-8-10/h3-5,7-8H,2,6,9H2,1H3. The van der Waals surface area contributed by atoms with Crippen molar-refractivity contribution in [3.8, 4) is 0 Å². The fraction of sp³-hybridized carbons (Fsp3) is 0.429. The van der Waals surface area contributed by atoms with Crippen molar-refractivity contribution in [2.24, 2.45) is 4.99 Å². The molecule has 1 atom stereocenters. The smallest absolute Gasteiger partial charge is 0.333 e. The molecule has 6 heteroatoms. The van der Waals surface area contributed by atoms with E-state index in [4.69, 9.17) is 4.74 Å². The minimum absolute atomic E-state index is 0.296. The number of carbonyl (C=O) groups excluding carboxylic acids is 1. The van der Waals surface area contributed by atoms with Gasteiger partial charge in [-0.15, -0.1) is 0 Å². The predicted molar refractivity (Wildman–Crippen MR) is 67.9 cm³/mol. The van der Waals surface area contributed by atoms with Gasteiger partial charge in [-0.2, -0.15) is 13.2 Å². The van der Waals surface area contributed by atoms with Crippen molar-refractivity contribution in [1.82, 2.24) is 0 Å². The third-order valence-electron chi connectivity index (χ3n) is 2.91. The van der Waals surface area contributed by atoms with Crippen LogP contribution in [0.5, 0.6) is 0 Å². The number of benzene rings is 1. The lowest BCUT2D eigenvalue weighted by molar-refractivity contribution is -0.182. The number of rotatable bonds is 6. The lowest BCUT2D eigenvalue weighted by Crippen LogP contribution is -2.37. The molecule has 1 unspecified atom stereocenters. The average molecular weight is 285 g/mol. The highest BCUT2D eigenvalue weighted by Crippen LogP contribution is 2.37. The van der Waals surface area contributed by atoms with Gasteiger partial charge in [0.2, 0.25) is 5.78 Å².